The van der Waals surface area contributed by atoms with Crippen LogP contribution in [0.25, 0.3) is 0 Å². The number of ether oxygens (including phenoxy) is 1. The number of nitrogens with zero attached hydrogens (tertiary/aromatic N) is 1. The molecule has 0 spiro atoms. The van der Waals surface area contributed by atoms with Crippen LogP contribution < -0.4 is 16.4 Å². The van der Waals surface area contributed by atoms with E-state index in [0.717, 1.165) is 11.3 Å². The quantitative estimate of drug-likeness (QED) is 0.348. The van der Waals surface area contributed by atoms with E-state index in [9.17, 15) is 19.2 Å². The van der Waals surface area contributed by atoms with Crippen LogP contribution in [0.5, 0.6) is 0 Å². The van der Waals surface area contributed by atoms with E-state index in [0.29, 0.717) is 17.5 Å². The Morgan fingerprint density at radius 3 is 2.29 bits per heavy atom. The van der Waals surface area contributed by atoms with Crippen molar-refractivity contribution in [2.45, 2.75) is 77.6 Å². The molecule has 0 bridgehead atoms. The minimum Gasteiger partial charge on any atom is -0.444 e. The third-order valence-corrected chi connectivity index (χ3v) is 4.80. The summed E-state index contributed by atoms with van der Waals surface area (Å²) in [6.45, 7) is 8.72. The lowest BCUT2D eigenvalue weighted by Crippen LogP contribution is -2.53. The predicted molar refractivity (Wildman–Crippen MR) is 132 cm³/mol. The standard InChI is InChI=1S/C26H34N4O5/c1-8-13-17(4)28-23(32)22(19-15-12-11-14-18(19)9-2)30(10-3)24(33)20(16-21(27)31)29-25(34)35-26(5,6)7/h2-3,11-12,14-15,17,20,22H,8,13,16H2,1,4-7H3,(H2,27,31)(H,28,32)(H,29,34). The molecule has 0 aliphatic rings. The fourth-order valence-corrected chi connectivity index (χ4v) is 3.38. The zero-order chi connectivity index (χ0) is 26.8. The largest absolute Gasteiger partial charge is 0.444 e. The summed E-state index contributed by atoms with van der Waals surface area (Å²) in [6.07, 6.45) is 11.3. The molecule has 9 nitrogen and oxygen atoms in total. The van der Waals surface area contributed by atoms with Gasteiger partial charge in [0.25, 0.3) is 5.91 Å². The zero-order valence-electron chi connectivity index (χ0n) is 20.9. The number of benzene rings is 1. The van der Waals surface area contributed by atoms with Gasteiger partial charge in [-0.25, -0.2) is 4.79 Å². The maximum absolute atomic E-state index is 13.5. The number of hydrogen-bond donors (Lipinski definition) is 3. The van der Waals surface area contributed by atoms with Gasteiger partial charge in [0.1, 0.15) is 17.7 Å². The molecule has 0 heterocycles. The van der Waals surface area contributed by atoms with E-state index >= 15 is 0 Å². The van der Waals surface area contributed by atoms with E-state index in [4.69, 9.17) is 23.3 Å². The van der Waals surface area contributed by atoms with Crippen LogP contribution in [0.4, 0.5) is 4.79 Å². The molecule has 3 atom stereocenters. The second kappa shape index (κ2) is 13.0. The number of primary amides is 1. The van der Waals surface area contributed by atoms with Crippen molar-refractivity contribution in [3.05, 3.63) is 35.4 Å². The van der Waals surface area contributed by atoms with Crippen LogP contribution >= 0.6 is 0 Å². The first-order valence-corrected chi connectivity index (χ1v) is 11.3. The van der Waals surface area contributed by atoms with Crippen molar-refractivity contribution in [3.8, 4) is 24.8 Å². The summed E-state index contributed by atoms with van der Waals surface area (Å²) in [4.78, 5) is 51.7. The Morgan fingerprint density at radius 2 is 1.77 bits per heavy atom. The Labute approximate surface area is 207 Å². The third-order valence-electron chi connectivity index (χ3n) is 4.80. The number of alkyl carbamates (subject to hydrolysis) is 1. The Bertz CT molecular complexity index is 1020. The summed E-state index contributed by atoms with van der Waals surface area (Å²) < 4.78 is 5.19. The number of carbonyl (C=O) groups excluding carboxylic acids is 4. The number of carbonyl (C=O) groups is 4. The summed E-state index contributed by atoms with van der Waals surface area (Å²) in [5, 5.41) is 5.18. The van der Waals surface area contributed by atoms with Crippen molar-refractivity contribution in [2.75, 3.05) is 0 Å². The fourth-order valence-electron chi connectivity index (χ4n) is 3.38. The number of hydrogen-bond acceptors (Lipinski definition) is 5. The highest BCUT2D eigenvalue weighted by atomic mass is 16.6. The van der Waals surface area contributed by atoms with Crippen molar-refractivity contribution in [3.63, 3.8) is 0 Å². The molecule has 9 heteroatoms. The molecule has 4 N–H and O–H groups in total. The molecular weight excluding hydrogens is 448 g/mol. The van der Waals surface area contributed by atoms with E-state index in [1.165, 1.54) is 0 Å². The van der Waals surface area contributed by atoms with Crippen molar-refractivity contribution in [1.29, 1.82) is 0 Å². The molecule has 188 valence electrons. The Morgan fingerprint density at radius 1 is 1.14 bits per heavy atom. The molecule has 1 aromatic rings. The topological polar surface area (TPSA) is 131 Å². The maximum atomic E-state index is 13.5. The van der Waals surface area contributed by atoms with E-state index in [1.807, 2.05) is 13.8 Å². The summed E-state index contributed by atoms with van der Waals surface area (Å²) in [6, 6.07) is 5.77. The number of amides is 4. The average Bonchev–Trinajstić information content (AvgIpc) is 2.74. The van der Waals surface area contributed by atoms with Gasteiger partial charge in [-0.3, -0.25) is 19.3 Å². The molecule has 3 unspecified atom stereocenters. The lowest BCUT2D eigenvalue weighted by Gasteiger charge is -2.31. The van der Waals surface area contributed by atoms with Gasteiger partial charge >= 0.3 is 6.09 Å². The lowest BCUT2D eigenvalue weighted by molar-refractivity contribution is -0.139. The van der Waals surface area contributed by atoms with Gasteiger partial charge in [-0.15, -0.1) is 6.42 Å². The molecule has 0 radical (unpaired) electrons. The number of terminal acetylenes is 2. The van der Waals surface area contributed by atoms with Gasteiger partial charge < -0.3 is 21.1 Å². The molecule has 4 amide bonds. The van der Waals surface area contributed by atoms with E-state index < -0.39 is 47.9 Å². The minimum atomic E-state index is -1.47. The maximum Gasteiger partial charge on any atom is 0.408 e. The Kier molecular flexibility index (Phi) is 10.8. The first-order chi connectivity index (χ1) is 16.3. The predicted octanol–water partition coefficient (Wildman–Crippen LogP) is 2.20. The molecule has 0 saturated carbocycles. The molecule has 1 aromatic carbocycles. The van der Waals surface area contributed by atoms with E-state index in [-0.39, 0.29) is 6.04 Å². The minimum absolute atomic E-state index is 0.205. The monoisotopic (exact) mass is 482 g/mol. The van der Waals surface area contributed by atoms with Gasteiger partial charge in [0.05, 0.1) is 6.42 Å². The average molecular weight is 483 g/mol. The summed E-state index contributed by atoms with van der Waals surface area (Å²) in [5.41, 5.74) is 5.12. The van der Waals surface area contributed by atoms with Gasteiger partial charge in [0.15, 0.2) is 0 Å². The molecule has 0 saturated heterocycles. The molecular formula is C26H34N4O5. The third kappa shape index (κ3) is 9.05. The molecule has 0 aliphatic carbocycles. The Balaban J connectivity index is 3.48. The van der Waals surface area contributed by atoms with E-state index in [1.54, 1.807) is 45.0 Å². The first kappa shape index (κ1) is 29.1. The molecule has 35 heavy (non-hydrogen) atoms. The number of nitrogens with two attached hydrogens (primary N) is 1. The SMILES string of the molecule is C#Cc1ccccc1C(C(=O)NC(C)CCC)N(C#C)C(=O)C(CC(N)=O)NC(=O)OC(C)(C)C. The highest BCUT2D eigenvalue weighted by Gasteiger charge is 2.37. The highest BCUT2D eigenvalue weighted by molar-refractivity contribution is 5.95. The van der Waals surface area contributed by atoms with Crippen LogP contribution in [-0.2, 0) is 19.1 Å². The van der Waals surface area contributed by atoms with Crippen molar-refractivity contribution < 1.29 is 23.9 Å². The molecule has 1 rings (SSSR count). The normalized spacial score (nSPS) is 13.2. The van der Waals surface area contributed by atoms with Crippen LogP contribution in [0.15, 0.2) is 24.3 Å². The van der Waals surface area contributed by atoms with Crippen molar-refractivity contribution >= 4 is 23.8 Å². The van der Waals surface area contributed by atoms with Gasteiger partial charge in [0, 0.05) is 23.2 Å². The molecule has 0 aromatic heterocycles. The second-order valence-corrected chi connectivity index (χ2v) is 9.04. The number of nitrogens with one attached hydrogen (secondary N) is 2. The van der Waals surface area contributed by atoms with Gasteiger partial charge in [-0.2, -0.15) is 0 Å². The fraction of sp³-hybridized carbons (Fsp3) is 0.462. The van der Waals surface area contributed by atoms with Gasteiger partial charge in [0.2, 0.25) is 11.8 Å². The Hall–Kier alpha value is -3.98. The zero-order valence-corrected chi connectivity index (χ0v) is 20.9. The van der Waals surface area contributed by atoms with Crippen LogP contribution in [-0.4, -0.2) is 46.4 Å². The number of rotatable bonds is 10. The van der Waals surface area contributed by atoms with E-state index in [2.05, 4.69) is 22.6 Å². The highest BCUT2D eigenvalue weighted by Crippen LogP contribution is 2.26. The van der Waals surface area contributed by atoms with Crippen LogP contribution in [0, 0.1) is 24.8 Å². The van der Waals surface area contributed by atoms with Gasteiger partial charge in [-0.1, -0.05) is 43.9 Å². The van der Waals surface area contributed by atoms with Crippen LogP contribution in [0.2, 0.25) is 0 Å². The first-order valence-electron chi connectivity index (χ1n) is 11.3. The molecule has 0 fully saturated rings. The summed E-state index contributed by atoms with van der Waals surface area (Å²) in [5.74, 6) is 0.177. The van der Waals surface area contributed by atoms with Crippen LogP contribution in [0.1, 0.15) is 71.0 Å². The van der Waals surface area contributed by atoms with Crippen molar-refractivity contribution in [2.24, 2.45) is 5.73 Å². The second-order valence-electron chi connectivity index (χ2n) is 9.04. The van der Waals surface area contributed by atoms with Crippen LogP contribution in [0.3, 0.4) is 0 Å². The summed E-state index contributed by atoms with van der Waals surface area (Å²) >= 11 is 0. The smallest absolute Gasteiger partial charge is 0.408 e. The van der Waals surface area contributed by atoms with Gasteiger partial charge in [-0.05, 0) is 40.2 Å². The van der Waals surface area contributed by atoms with Crippen molar-refractivity contribution in [1.82, 2.24) is 15.5 Å². The molecule has 0 aliphatic heterocycles. The lowest BCUT2D eigenvalue weighted by atomic mass is 9.97. The summed E-state index contributed by atoms with van der Waals surface area (Å²) in [7, 11) is 0.